The number of hydrogen-bond donors (Lipinski definition) is 2. The largest absolute Gasteiger partial charge is 0.507 e. The lowest BCUT2D eigenvalue weighted by Gasteiger charge is -2.32. The summed E-state index contributed by atoms with van der Waals surface area (Å²) < 4.78 is 12.8. The van der Waals surface area contributed by atoms with Crippen molar-refractivity contribution >= 4 is 5.91 Å². The molecule has 0 radical (unpaired) electrons. The molecule has 4 nitrogen and oxygen atoms in total. The molecular weight excluding hydrogens is 235 g/mol. The zero-order chi connectivity index (χ0) is 13.9. The molecule has 0 unspecified atom stereocenters. The van der Waals surface area contributed by atoms with Gasteiger partial charge in [-0.05, 0) is 40.1 Å². The molecule has 0 saturated carbocycles. The number of rotatable bonds is 4. The van der Waals surface area contributed by atoms with Crippen LogP contribution in [0.3, 0.4) is 0 Å². The lowest BCUT2D eigenvalue weighted by atomic mass is 10.0. The van der Waals surface area contributed by atoms with Crippen molar-refractivity contribution in [3.8, 4) is 5.75 Å². The summed E-state index contributed by atoms with van der Waals surface area (Å²) in [5, 5.41) is 12.2. The number of nitrogens with one attached hydrogen (secondary N) is 1. The van der Waals surface area contributed by atoms with Crippen LogP contribution in [-0.2, 0) is 0 Å². The number of amides is 1. The van der Waals surface area contributed by atoms with Gasteiger partial charge in [-0.15, -0.1) is 0 Å². The molecule has 0 heterocycles. The lowest BCUT2D eigenvalue weighted by molar-refractivity contribution is 0.0917. The summed E-state index contributed by atoms with van der Waals surface area (Å²) in [5.74, 6) is -1.34. The van der Waals surface area contributed by atoms with E-state index in [9.17, 15) is 14.3 Å². The summed E-state index contributed by atoms with van der Waals surface area (Å²) in [6.07, 6.45) is 0. The molecule has 100 valence electrons. The molecule has 0 aromatic heterocycles. The topological polar surface area (TPSA) is 52.6 Å². The molecule has 1 aromatic carbocycles. The number of benzene rings is 1. The number of likely N-dealkylation sites (N-methyl/N-ethyl adjacent to an activating group) is 1. The van der Waals surface area contributed by atoms with Gasteiger partial charge in [-0.25, -0.2) is 4.39 Å². The van der Waals surface area contributed by atoms with E-state index in [2.05, 4.69) is 5.32 Å². The zero-order valence-corrected chi connectivity index (χ0v) is 11.1. The zero-order valence-electron chi connectivity index (χ0n) is 11.1. The van der Waals surface area contributed by atoms with E-state index >= 15 is 0 Å². The van der Waals surface area contributed by atoms with Gasteiger partial charge < -0.3 is 15.3 Å². The van der Waals surface area contributed by atoms with Gasteiger partial charge in [-0.2, -0.15) is 0 Å². The average molecular weight is 254 g/mol. The number of halogens is 1. The SMILES string of the molecule is CN(C)C(C)(C)CNC(=O)c1ccc(F)cc1O. The van der Waals surface area contributed by atoms with E-state index in [1.807, 2.05) is 32.8 Å². The van der Waals surface area contributed by atoms with Crippen LogP contribution in [0, 0.1) is 5.82 Å². The van der Waals surface area contributed by atoms with Gasteiger partial charge in [0.15, 0.2) is 0 Å². The van der Waals surface area contributed by atoms with Crippen molar-refractivity contribution in [1.82, 2.24) is 10.2 Å². The fraction of sp³-hybridized carbons (Fsp3) is 0.462. The highest BCUT2D eigenvalue weighted by molar-refractivity contribution is 5.96. The predicted octanol–water partition coefficient (Wildman–Crippen LogP) is 1.60. The van der Waals surface area contributed by atoms with E-state index in [4.69, 9.17) is 0 Å². The third-order valence-corrected chi connectivity index (χ3v) is 3.10. The predicted molar refractivity (Wildman–Crippen MR) is 68.2 cm³/mol. The molecular formula is C13H19FN2O2. The van der Waals surface area contributed by atoms with Crippen molar-refractivity contribution in [2.24, 2.45) is 0 Å². The molecule has 0 aliphatic heterocycles. The maximum atomic E-state index is 12.8. The molecule has 0 fully saturated rings. The summed E-state index contributed by atoms with van der Waals surface area (Å²) in [7, 11) is 3.84. The van der Waals surface area contributed by atoms with E-state index in [1.54, 1.807) is 0 Å². The van der Waals surface area contributed by atoms with Crippen LogP contribution in [0.1, 0.15) is 24.2 Å². The second-order valence-corrected chi connectivity index (χ2v) is 5.05. The lowest BCUT2D eigenvalue weighted by Crippen LogP contribution is -2.48. The Morgan fingerprint density at radius 1 is 1.44 bits per heavy atom. The normalized spacial score (nSPS) is 11.7. The van der Waals surface area contributed by atoms with Gasteiger partial charge in [-0.1, -0.05) is 0 Å². The second-order valence-electron chi connectivity index (χ2n) is 5.05. The number of aromatic hydroxyl groups is 1. The van der Waals surface area contributed by atoms with E-state index in [0.717, 1.165) is 12.1 Å². The van der Waals surface area contributed by atoms with Gasteiger partial charge in [0, 0.05) is 18.2 Å². The van der Waals surface area contributed by atoms with Crippen molar-refractivity contribution in [2.75, 3.05) is 20.6 Å². The number of carbonyl (C=O) groups excluding carboxylic acids is 1. The Kier molecular flexibility index (Phi) is 4.29. The second kappa shape index (κ2) is 5.35. The van der Waals surface area contributed by atoms with Crippen molar-refractivity contribution in [2.45, 2.75) is 19.4 Å². The summed E-state index contributed by atoms with van der Waals surface area (Å²) in [6.45, 7) is 4.39. The van der Waals surface area contributed by atoms with E-state index in [-0.39, 0.29) is 16.9 Å². The van der Waals surface area contributed by atoms with Gasteiger partial charge >= 0.3 is 0 Å². The third kappa shape index (κ3) is 3.43. The minimum atomic E-state index is -0.572. The van der Waals surface area contributed by atoms with Crippen LogP contribution in [-0.4, -0.2) is 42.1 Å². The summed E-state index contributed by atoms with van der Waals surface area (Å²) >= 11 is 0. The molecule has 0 spiro atoms. The van der Waals surface area contributed by atoms with Crippen LogP contribution in [0.5, 0.6) is 5.75 Å². The minimum absolute atomic E-state index is 0.0750. The fourth-order valence-electron chi connectivity index (χ4n) is 1.25. The molecule has 2 N–H and O–H groups in total. The molecule has 1 amide bonds. The summed E-state index contributed by atoms with van der Waals surface area (Å²) in [4.78, 5) is 13.8. The van der Waals surface area contributed by atoms with Crippen LogP contribution in [0.15, 0.2) is 18.2 Å². The maximum absolute atomic E-state index is 12.8. The Morgan fingerprint density at radius 2 is 2.06 bits per heavy atom. The van der Waals surface area contributed by atoms with Gasteiger partial charge in [0.25, 0.3) is 5.91 Å². The van der Waals surface area contributed by atoms with Crippen molar-refractivity contribution in [1.29, 1.82) is 0 Å². The van der Waals surface area contributed by atoms with E-state index in [0.29, 0.717) is 6.54 Å². The first kappa shape index (κ1) is 14.4. The van der Waals surface area contributed by atoms with E-state index in [1.165, 1.54) is 6.07 Å². The minimum Gasteiger partial charge on any atom is -0.507 e. The van der Waals surface area contributed by atoms with Crippen molar-refractivity contribution < 1.29 is 14.3 Å². The molecule has 1 rings (SSSR count). The molecule has 18 heavy (non-hydrogen) atoms. The summed E-state index contributed by atoms with van der Waals surface area (Å²) in [5.41, 5.74) is -0.128. The Bertz CT molecular complexity index is 445. The van der Waals surface area contributed by atoms with Crippen molar-refractivity contribution in [3.05, 3.63) is 29.6 Å². The number of nitrogens with zero attached hydrogens (tertiary/aromatic N) is 1. The van der Waals surface area contributed by atoms with Crippen molar-refractivity contribution in [3.63, 3.8) is 0 Å². The molecule has 5 heteroatoms. The standard InChI is InChI=1S/C13H19FN2O2/c1-13(2,16(3)4)8-15-12(18)10-6-5-9(14)7-11(10)17/h5-7,17H,8H2,1-4H3,(H,15,18). The quantitative estimate of drug-likeness (QED) is 0.858. The van der Waals surface area contributed by atoms with Gasteiger partial charge in [0.2, 0.25) is 0 Å². The van der Waals surface area contributed by atoms with Crippen LogP contribution in [0.4, 0.5) is 4.39 Å². The Morgan fingerprint density at radius 3 is 2.56 bits per heavy atom. The van der Waals surface area contributed by atoms with Gasteiger partial charge in [0.05, 0.1) is 5.56 Å². The highest BCUT2D eigenvalue weighted by Gasteiger charge is 2.22. The number of phenols is 1. The van der Waals surface area contributed by atoms with E-state index < -0.39 is 11.7 Å². The molecule has 1 aromatic rings. The monoisotopic (exact) mass is 254 g/mol. The first-order valence-electron chi connectivity index (χ1n) is 5.68. The Balaban J connectivity index is 2.72. The Labute approximate surface area is 106 Å². The van der Waals surface area contributed by atoms with Crippen LogP contribution in [0.2, 0.25) is 0 Å². The fourth-order valence-corrected chi connectivity index (χ4v) is 1.25. The maximum Gasteiger partial charge on any atom is 0.255 e. The molecule has 0 aliphatic rings. The third-order valence-electron chi connectivity index (χ3n) is 3.10. The highest BCUT2D eigenvalue weighted by atomic mass is 19.1. The summed E-state index contributed by atoms with van der Waals surface area (Å²) in [6, 6.07) is 3.33. The number of carbonyl (C=O) groups is 1. The van der Waals surface area contributed by atoms with Gasteiger partial charge in [-0.3, -0.25) is 4.79 Å². The highest BCUT2D eigenvalue weighted by Crippen LogP contribution is 2.18. The van der Waals surface area contributed by atoms with Crippen LogP contribution >= 0.6 is 0 Å². The van der Waals surface area contributed by atoms with Gasteiger partial charge in [0.1, 0.15) is 11.6 Å². The Hall–Kier alpha value is -1.62. The number of hydrogen-bond acceptors (Lipinski definition) is 3. The first-order valence-corrected chi connectivity index (χ1v) is 5.68. The first-order chi connectivity index (χ1) is 8.24. The molecule has 0 saturated heterocycles. The molecule has 0 aliphatic carbocycles. The molecule has 0 bridgehead atoms. The average Bonchev–Trinajstić information content (AvgIpc) is 2.25. The van der Waals surface area contributed by atoms with Crippen LogP contribution < -0.4 is 5.32 Å². The number of phenolic OH excluding ortho intramolecular Hbond substituents is 1. The smallest absolute Gasteiger partial charge is 0.255 e. The van der Waals surface area contributed by atoms with Crippen LogP contribution in [0.25, 0.3) is 0 Å². The molecule has 0 atom stereocenters.